The Hall–Kier alpha value is 0.688. The van der Waals surface area contributed by atoms with E-state index in [2.05, 4.69) is 21.2 Å². The van der Waals surface area contributed by atoms with Crippen LogP contribution in [0.15, 0.2) is 29.2 Å². The topological polar surface area (TPSA) is 17.1 Å². The molecule has 3 rings (SSSR count). The molecule has 0 saturated heterocycles. The Labute approximate surface area is 170 Å². The first-order valence-corrected chi connectivity index (χ1v) is 17.3. The third kappa shape index (κ3) is 11.3. The van der Waals surface area contributed by atoms with Crippen LogP contribution in [0.25, 0.3) is 0 Å². The molecule has 0 aromatic heterocycles. The van der Waals surface area contributed by atoms with Gasteiger partial charge in [0.2, 0.25) is 0 Å². The fraction of sp³-hybridized carbons (Fsp3) is 0.200. The minimum absolute atomic E-state index is 0. The Morgan fingerprint density at radius 2 is 1.33 bits per heavy atom. The summed E-state index contributed by atoms with van der Waals surface area (Å²) in [5.74, 6) is 0. The molecule has 1 unspecified atom stereocenters. The molecule has 0 amide bonds. The van der Waals surface area contributed by atoms with Crippen LogP contribution in [-0.4, -0.2) is 24.0 Å². The zero-order valence-corrected chi connectivity index (χ0v) is 19.4. The Balaban J connectivity index is 0.000000440. The zero-order valence-electron chi connectivity index (χ0n) is 14.6. The third-order valence-corrected chi connectivity index (χ3v) is 3.91. The van der Waals surface area contributed by atoms with Crippen LogP contribution in [0.3, 0.4) is 0 Å². The summed E-state index contributed by atoms with van der Waals surface area (Å²) in [4.78, 5) is 7.92. The van der Waals surface area contributed by atoms with Crippen LogP contribution in [0.1, 0.15) is 5.56 Å². The van der Waals surface area contributed by atoms with Gasteiger partial charge in [-0.3, -0.25) is 4.21 Å². The Morgan fingerprint density at radius 1 is 0.875 bits per heavy atom. The molecule has 2 aliphatic carbocycles. The molecular formula is C20H24FeOSSn+2. The first kappa shape index (κ1) is 24.7. The van der Waals surface area contributed by atoms with Gasteiger partial charge in [-0.2, -0.15) is 0 Å². The van der Waals surface area contributed by atoms with Gasteiger partial charge in [0, 0.05) is 15.7 Å². The van der Waals surface area contributed by atoms with Crippen molar-refractivity contribution in [3.63, 3.8) is 0 Å². The Morgan fingerprint density at radius 3 is 1.71 bits per heavy atom. The van der Waals surface area contributed by atoms with Gasteiger partial charge in [-0.15, -0.1) is 5.25 Å². The Kier molecular flexibility index (Phi) is 15.2. The molecule has 10 radical (unpaired) electrons. The van der Waals surface area contributed by atoms with E-state index in [0.29, 0.717) is 0 Å². The second kappa shape index (κ2) is 14.8. The average molecular weight is 487 g/mol. The van der Waals surface area contributed by atoms with Crippen molar-refractivity contribution >= 4 is 30.6 Å². The molecule has 2 aliphatic rings. The maximum absolute atomic E-state index is 11.9. The third-order valence-electron chi connectivity index (χ3n) is 2.56. The van der Waals surface area contributed by atoms with Crippen LogP contribution in [-0.2, 0) is 27.9 Å². The van der Waals surface area contributed by atoms with E-state index in [0.717, 1.165) is 10.1 Å². The summed E-state index contributed by atoms with van der Waals surface area (Å²) >= 11 is -0.543. The fourth-order valence-electron chi connectivity index (χ4n) is 1.54. The van der Waals surface area contributed by atoms with E-state index in [1.807, 2.05) is 76.1 Å². The molecule has 1 nitrogen and oxygen atoms in total. The molecule has 0 N–H and O–H groups in total. The SMILES string of the molecule is Cc1ccc(S(=O)[C]2[C-][CH][CH][CH]2)cc1.[CH3][Sn+]([CH3])[CH3].[CH]1[CH][CH][CH][CH]1.[Fe+2]. The van der Waals surface area contributed by atoms with Crippen LogP contribution >= 0.6 is 0 Å². The summed E-state index contributed by atoms with van der Waals surface area (Å²) < 4.78 is 11.9. The van der Waals surface area contributed by atoms with Gasteiger partial charge in [0.25, 0.3) is 0 Å². The van der Waals surface area contributed by atoms with E-state index in [1.165, 1.54) is 5.56 Å². The Bertz CT molecular complexity index is 427. The number of benzene rings is 1. The summed E-state index contributed by atoms with van der Waals surface area (Å²) in [5, 5.41) is 0.744. The normalized spacial score (nSPS) is 17.7. The summed E-state index contributed by atoms with van der Waals surface area (Å²) in [5.41, 5.74) is 1.18. The molecule has 0 aliphatic heterocycles. The predicted molar refractivity (Wildman–Crippen MR) is 102 cm³/mol. The molecule has 0 heterocycles. The minimum atomic E-state index is -1.08. The van der Waals surface area contributed by atoms with Gasteiger partial charge in [0.05, 0.1) is 0 Å². The molecule has 1 aromatic carbocycles. The van der Waals surface area contributed by atoms with Gasteiger partial charge in [0.1, 0.15) is 0 Å². The van der Waals surface area contributed by atoms with Crippen LogP contribution in [0.4, 0.5) is 0 Å². The van der Waals surface area contributed by atoms with Crippen molar-refractivity contribution in [2.24, 2.45) is 0 Å². The van der Waals surface area contributed by atoms with Crippen molar-refractivity contribution < 1.29 is 21.3 Å². The standard InChI is InChI=1S/C12H10OS.C5H5.3CH3.Fe.Sn/c1-10-6-8-12(9-7-10)14(13)11-4-2-3-5-11;1-2-4-5-3-1;;;;;/h2-4,6-9H,1H3;1-5H;3*1H3;;/q-1;;;;;+2;+1. The van der Waals surface area contributed by atoms with E-state index in [1.54, 1.807) is 6.42 Å². The zero-order chi connectivity index (χ0) is 17.1. The molecular weight excluding hydrogens is 463 g/mol. The van der Waals surface area contributed by atoms with Gasteiger partial charge < -0.3 is 6.42 Å². The van der Waals surface area contributed by atoms with Gasteiger partial charge in [0.15, 0.2) is 0 Å². The average Bonchev–Trinajstić information content (AvgIpc) is 3.23. The van der Waals surface area contributed by atoms with Gasteiger partial charge >= 0.3 is 51.6 Å². The van der Waals surface area contributed by atoms with Crippen molar-refractivity contribution in [3.8, 4) is 0 Å². The van der Waals surface area contributed by atoms with Crippen molar-refractivity contribution in [3.05, 3.63) is 92.9 Å². The molecule has 0 spiro atoms. The second-order valence-corrected chi connectivity index (χ2v) is 15.6. The minimum Gasteiger partial charge on any atom is -0.0312 e. The number of hydrogen-bond acceptors (Lipinski definition) is 1. The molecule has 2 fully saturated rings. The number of rotatable bonds is 2. The van der Waals surface area contributed by atoms with Crippen LogP contribution in [0.2, 0.25) is 14.8 Å². The molecule has 126 valence electrons. The molecule has 1 atom stereocenters. The van der Waals surface area contributed by atoms with Crippen LogP contribution in [0, 0.1) is 70.0 Å². The summed E-state index contributed by atoms with van der Waals surface area (Å²) in [6, 6.07) is 7.73. The molecule has 2 saturated carbocycles. The smallest absolute Gasteiger partial charge is 0.0312 e. The maximum atomic E-state index is 11.9. The first-order valence-electron chi connectivity index (χ1n) is 7.56. The number of aryl methyl sites for hydroxylation is 1. The fourth-order valence-corrected chi connectivity index (χ4v) is 2.55. The number of hydrogen-bond donors (Lipinski definition) is 0. The molecule has 1 aromatic rings. The van der Waals surface area contributed by atoms with Crippen LogP contribution < -0.4 is 0 Å². The monoisotopic (exact) mass is 488 g/mol. The van der Waals surface area contributed by atoms with Crippen molar-refractivity contribution in [1.82, 2.24) is 0 Å². The molecule has 4 heteroatoms. The quantitative estimate of drug-likeness (QED) is 0.436. The van der Waals surface area contributed by atoms with Gasteiger partial charge in [-0.1, -0.05) is 30.5 Å². The van der Waals surface area contributed by atoms with E-state index in [9.17, 15) is 4.21 Å². The van der Waals surface area contributed by atoms with Crippen molar-refractivity contribution in [2.45, 2.75) is 26.6 Å². The predicted octanol–water partition coefficient (Wildman–Crippen LogP) is 4.73. The second-order valence-electron chi connectivity index (χ2n) is 5.58. The summed E-state index contributed by atoms with van der Waals surface area (Å²) in [6.07, 6.45) is 18.4. The summed E-state index contributed by atoms with van der Waals surface area (Å²) in [6.45, 7) is 2.02. The van der Waals surface area contributed by atoms with Crippen LogP contribution in [0.5, 0.6) is 0 Å². The van der Waals surface area contributed by atoms with Crippen molar-refractivity contribution in [2.75, 3.05) is 0 Å². The first-order chi connectivity index (χ1) is 11.0. The largest absolute Gasteiger partial charge is 2.00 e. The van der Waals surface area contributed by atoms with E-state index in [-0.39, 0.29) is 17.1 Å². The molecule has 0 bridgehead atoms. The van der Waals surface area contributed by atoms with Crippen molar-refractivity contribution in [1.29, 1.82) is 0 Å². The van der Waals surface area contributed by atoms with Gasteiger partial charge in [-0.05, 0) is 51.2 Å². The maximum Gasteiger partial charge on any atom is 2.00 e. The molecule has 24 heavy (non-hydrogen) atoms. The van der Waals surface area contributed by atoms with E-state index < -0.39 is 30.6 Å². The van der Waals surface area contributed by atoms with E-state index >= 15 is 0 Å². The summed E-state index contributed by atoms with van der Waals surface area (Å²) in [7, 11) is -1.08. The van der Waals surface area contributed by atoms with E-state index in [4.69, 9.17) is 0 Å². The van der Waals surface area contributed by atoms with Gasteiger partial charge in [-0.25, -0.2) is 6.42 Å².